The quantitative estimate of drug-likeness (QED) is 0.709. The van der Waals surface area contributed by atoms with Gasteiger partial charge in [0.2, 0.25) is 5.91 Å². The molecule has 1 fully saturated rings. The Labute approximate surface area is 162 Å². The molecule has 1 aliphatic rings. The van der Waals surface area contributed by atoms with Gasteiger partial charge in [0.05, 0.1) is 5.69 Å². The number of rotatable bonds is 5. The van der Waals surface area contributed by atoms with E-state index in [1.807, 2.05) is 20.8 Å². The van der Waals surface area contributed by atoms with Crippen LogP contribution in [0.25, 0.3) is 0 Å². The van der Waals surface area contributed by atoms with Crippen LogP contribution in [0, 0.1) is 5.92 Å². The minimum absolute atomic E-state index is 0.151. The SMILES string of the molecule is CC(C)(C)OC(=O)N1CCC(CC(=O)Nc2ccccc2SC(F)F)CC1. The second-order valence-electron chi connectivity index (χ2n) is 7.54. The van der Waals surface area contributed by atoms with Crippen LogP contribution in [-0.2, 0) is 9.53 Å². The number of alkyl halides is 2. The van der Waals surface area contributed by atoms with Crippen molar-refractivity contribution in [1.29, 1.82) is 0 Å². The molecule has 0 unspecified atom stereocenters. The Hall–Kier alpha value is -1.83. The van der Waals surface area contributed by atoms with Gasteiger partial charge >= 0.3 is 6.09 Å². The molecule has 1 aromatic carbocycles. The van der Waals surface area contributed by atoms with Crippen molar-refractivity contribution in [3.05, 3.63) is 24.3 Å². The van der Waals surface area contributed by atoms with E-state index in [0.717, 1.165) is 0 Å². The van der Waals surface area contributed by atoms with Gasteiger partial charge in [-0.3, -0.25) is 4.79 Å². The third-order valence-corrected chi connectivity index (χ3v) is 4.91. The van der Waals surface area contributed by atoms with Crippen LogP contribution in [0.3, 0.4) is 0 Å². The Morgan fingerprint density at radius 3 is 2.48 bits per heavy atom. The molecular weight excluding hydrogens is 374 g/mol. The number of carbonyl (C=O) groups excluding carboxylic acids is 2. The van der Waals surface area contributed by atoms with E-state index in [-0.39, 0.29) is 17.9 Å². The fraction of sp³-hybridized carbons (Fsp3) is 0.579. The highest BCUT2D eigenvalue weighted by Crippen LogP contribution is 2.32. The summed E-state index contributed by atoms with van der Waals surface area (Å²) in [6.45, 7) is 6.57. The third-order valence-electron chi connectivity index (χ3n) is 4.12. The highest BCUT2D eigenvalue weighted by molar-refractivity contribution is 7.99. The number of nitrogens with one attached hydrogen (secondary N) is 1. The lowest BCUT2D eigenvalue weighted by Crippen LogP contribution is -2.42. The summed E-state index contributed by atoms with van der Waals surface area (Å²) < 4.78 is 30.6. The summed E-state index contributed by atoms with van der Waals surface area (Å²) in [5, 5.41) is 2.73. The zero-order chi connectivity index (χ0) is 20.0. The molecule has 2 rings (SSSR count). The molecule has 2 amide bonds. The van der Waals surface area contributed by atoms with Gasteiger partial charge in [-0.25, -0.2) is 4.79 Å². The second-order valence-corrected chi connectivity index (χ2v) is 8.57. The third kappa shape index (κ3) is 7.36. The van der Waals surface area contributed by atoms with Gasteiger partial charge < -0.3 is 15.0 Å². The average molecular weight is 400 g/mol. The Balaban J connectivity index is 1.82. The Bertz CT molecular complexity index is 657. The van der Waals surface area contributed by atoms with Crippen molar-refractivity contribution in [3.63, 3.8) is 0 Å². The number of ether oxygens (including phenoxy) is 1. The minimum Gasteiger partial charge on any atom is -0.444 e. The number of para-hydroxylation sites is 1. The van der Waals surface area contributed by atoms with E-state index in [4.69, 9.17) is 4.74 Å². The summed E-state index contributed by atoms with van der Waals surface area (Å²) in [6, 6.07) is 6.54. The van der Waals surface area contributed by atoms with Gasteiger partial charge in [0.15, 0.2) is 0 Å². The van der Waals surface area contributed by atoms with Gasteiger partial charge in [-0.1, -0.05) is 23.9 Å². The lowest BCUT2D eigenvalue weighted by atomic mass is 9.93. The Kier molecular flexibility index (Phi) is 7.47. The highest BCUT2D eigenvalue weighted by Gasteiger charge is 2.28. The molecule has 1 saturated heterocycles. The monoisotopic (exact) mass is 400 g/mol. The predicted octanol–water partition coefficient (Wildman–Crippen LogP) is 4.98. The van der Waals surface area contributed by atoms with Crippen LogP contribution in [0.15, 0.2) is 29.2 Å². The molecule has 1 aliphatic heterocycles. The first-order valence-electron chi connectivity index (χ1n) is 8.95. The summed E-state index contributed by atoms with van der Waals surface area (Å²) in [6.07, 6.45) is 1.39. The number of hydrogen-bond donors (Lipinski definition) is 1. The predicted molar refractivity (Wildman–Crippen MR) is 102 cm³/mol. The molecule has 0 radical (unpaired) electrons. The number of carbonyl (C=O) groups is 2. The molecule has 150 valence electrons. The first kappa shape index (κ1) is 21.5. The number of likely N-dealkylation sites (tertiary alicyclic amines) is 1. The molecule has 0 aliphatic carbocycles. The van der Waals surface area contributed by atoms with E-state index in [9.17, 15) is 18.4 Å². The number of benzene rings is 1. The summed E-state index contributed by atoms with van der Waals surface area (Å²) in [5.74, 6) is -2.59. The Morgan fingerprint density at radius 1 is 1.26 bits per heavy atom. The molecule has 8 heteroatoms. The van der Waals surface area contributed by atoms with E-state index in [2.05, 4.69) is 5.32 Å². The first-order valence-corrected chi connectivity index (χ1v) is 9.83. The van der Waals surface area contributed by atoms with Gasteiger partial charge in [0.25, 0.3) is 5.76 Å². The maximum absolute atomic E-state index is 12.6. The Morgan fingerprint density at radius 2 is 1.89 bits per heavy atom. The van der Waals surface area contributed by atoms with Crippen LogP contribution in [0.2, 0.25) is 0 Å². The fourth-order valence-corrected chi connectivity index (χ4v) is 3.47. The topological polar surface area (TPSA) is 58.6 Å². The molecule has 1 heterocycles. The van der Waals surface area contributed by atoms with Gasteiger partial charge in [-0.05, 0) is 51.7 Å². The number of anilines is 1. The second kappa shape index (κ2) is 9.39. The summed E-state index contributed by atoms with van der Waals surface area (Å²) >= 11 is 0.415. The average Bonchev–Trinajstić information content (AvgIpc) is 2.55. The highest BCUT2D eigenvalue weighted by atomic mass is 32.2. The lowest BCUT2D eigenvalue weighted by molar-refractivity contribution is -0.117. The van der Waals surface area contributed by atoms with Crippen LogP contribution in [0.4, 0.5) is 19.3 Å². The standard InChI is InChI=1S/C19H26F2N2O3S/c1-19(2,3)26-18(25)23-10-8-13(9-11-23)12-16(24)22-14-6-4-5-7-15(14)27-17(20)21/h4-7,13,17H,8-12H2,1-3H3,(H,22,24). The fourth-order valence-electron chi connectivity index (χ4n) is 2.88. The van der Waals surface area contributed by atoms with Crippen molar-refractivity contribution >= 4 is 29.4 Å². The summed E-state index contributed by atoms with van der Waals surface area (Å²) in [5.41, 5.74) is -0.128. The molecule has 0 aromatic heterocycles. The normalized spacial score (nSPS) is 15.7. The van der Waals surface area contributed by atoms with E-state index in [0.29, 0.717) is 54.7 Å². The van der Waals surface area contributed by atoms with Gasteiger partial charge in [0, 0.05) is 24.4 Å². The number of nitrogens with zero attached hydrogens (tertiary/aromatic N) is 1. The smallest absolute Gasteiger partial charge is 0.410 e. The van der Waals surface area contributed by atoms with E-state index >= 15 is 0 Å². The van der Waals surface area contributed by atoms with Crippen molar-refractivity contribution < 1.29 is 23.1 Å². The maximum Gasteiger partial charge on any atom is 0.410 e. The molecule has 5 nitrogen and oxygen atoms in total. The molecule has 1 N–H and O–H groups in total. The molecular formula is C19H26F2N2O3S. The molecule has 0 atom stereocenters. The summed E-state index contributed by atoms with van der Waals surface area (Å²) in [7, 11) is 0. The van der Waals surface area contributed by atoms with Crippen LogP contribution >= 0.6 is 11.8 Å². The minimum atomic E-state index is -2.54. The number of halogens is 2. The van der Waals surface area contributed by atoms with Gasteiger partial charge in [0.1, 0.15) is 5.60 Å². The van der Waals surface area contributed by atoms with E-state index < -0.39 is 11.4 Å². The zero-order valence-corrected chi connectivity index (χ0v) is 16.7. The number of thioether (sulfide) groups is 1. The molecule has 0 saturated carbocycles. The largest absolute Gasteiger partial charge is 0.444 e. The zero-order valence-electron chi connectivity index (χ0n) is 15.8. The van der Waals surface area contributed by atoms with E-state index in [1.165, 1.54) is 0 Å². The van der Waals surface area contributed by atoms with Crippen molar-refractivity contribution in [2.24, 2.45) is 5.92 Å². The lowest BCUT2D eigenvalue weighted by Gasteiger charge is -2.33. The van der Waals surface area contributed by atoms with Crippen LogP contribution in [-0.4, -0.2) is 41.3 Å². The van der Waals surface area contributed by atoms with Crippen molar-refractivity contribution in [3.8, 4) is 0 Å². The van der Waals surface area contributed by atoms with Gasteiger partial charge in [-0.2, -0.15) is 8.78 Å². The van der Waals surface area contributed by atoms with Crippen LogP contribution < -0.4 is 5.32 Å². The van der Waals surface area contributed by atoms with Crippen molar-refractivity contribution in [1.82, 2.24) is 4.90 Å². The number of amides is 2. The number of hydrogen-bond acceptors (Lipinski definition) is 4. The van der Waals surface area contributed by atoms with Crippen molar-refractivity contribution in [2.75, 3.05) is 18.4 Å². The molecule has 0 spiro atoms. The first-order chi connectivity index (χ1) is 12.6. The number of piperidine rings is 1. The molecule has 0 bridgehead atoms. The van der Waals surface area contributed by atoms with Gasteiger partial charge in [-0.15, -0.1) is 0 Å². The van der Waals surface area contributed by atoms with Crippen LogP contribution in [0.1, 0.15) is 40.0 Å². The molecule has 27 heavy (non-hydrogen) atoms. The van der Waals surface area contributed by atoms with E-state index in [1.54, 1.807) is 29.2 Å². The van der Waals surface area contributed by atoms with Crippen molar-refractivity contribution in [2.45, 2.75) is 56.3 Å². The maximum atomic E-state index is 12.6. The van der Waals surface area contributed by atoms with Crippen LogP contribution in [0.5, 0.6) is 0 Å². The summed E-state index contributed by atoms with van der Waals surface area (Å²) in [4.78, 5) is 26.4. The molecule has 1 aromatic rings.